The molecule has 316 valence electrons. The lowest BCUT2D eigenvalue weighted by Crippen LogP contribution is -2.32. The minimum Gasteiger partial charge on any atom is -0.493 e. The van der Waals surface area contributed by atoms with E-state index in [0.717, 1.165) is 60.0 Å². The van der Waals surface area contributed by atoms with Crippen LogP contribution < -0.4 is 4.74 Å². The van der Waals surface area contributed by atoms with Crippen LogP contribution in [0.4, 0.5) is 0 Å². The van der Waals surface area contributed by atoms with Gasteiger partial charge in [0.2, 0.25) is 0 Å². The van der Waals surface area contributed by atoms with E-state index in [1.165, 1.54) is 95.5 Å². The number of esters is 2. The molecule has 3 fully saturated rings. The first-order chi connectivity index (χ1) is 27.0. The lowest BCUT2D eigenvalue weighted by Gasteiger charge is -2.41. The third-order valence-corrected chi connectivity index (χ3v) is 14.0. The normalized spacial score (nSPS) is 24.3. The molecule has 0 radical (unpaired) electrons. The van der Waals surface area contributed by atoms with Crippen molar-refractivity contribution >= 4 is 11.9 Å². The molecule has 7 nitrogen and oxygen atoms in total. The zero-order chi connectivity index (χ0) is 40.5. The van der Waals surface area contributed by atoms with Gasteiger partial charge in [0.05, 0.1) is 33.0 Å². The van der Waals surface area contributed by atoms with Gasteiger partial charge in [0.1, 0.15) is 5.75 Å². The standard InChI is InChI=1S/C49H78O7/c1-7-9-10-11-37-12-14-38(15-13-37)39-16-18-40(19-17-39)41-20-22-42(23-21-41)45-31-43(24-28-55-47(52)35(3)4)46(44(32-45)25-29-56-48(53)36(5)6)54-30-27-49(33-50,34-51)26-8-2/h31-32,37-42,50-51H,3,5,7-30,33-34H2,1-2,4,6H3. The average Bonchev–Trinajstić information content (AvgIpc) is 3.21. The molecule has 0 amide bonds. The summed E-state index contributed by atoms with van der Waals surface area (Å²) in [5.41, 5.74) is 3.31. The van der Waals surface area contributed by atoms with Crippen LogP contribution in [0.3, 0.4) is 0 Å². The Kier molecular flexibility index (Phi) is 19.5. The average molecular weight is 779 g/mol. The molecule has 4 rings (SSSR count). The quantitative estimate of drug-likeness (QED) is 0.0648. The van der Waals surface area contributed by atoms with Crippen molar-refractivity contribution in [2.45, 2.75) is 168 Å². The van der Waals surface area contributed by atoms with Gasteiger partial charge in [-0.1, -0.05) is 84.1 Å². The number of aliphatic hydroxyl groups is 2. The Morgan fingerprint density at radius 3 is 1.55 bits per heavy atom. The summed E-state index contributed by atoms with van der Waals surface area (Å²) in [7, 11) is 0. The highest BCUT2D eigenvalue weighted by Gasteiger charge is 2.35. The summed E-state index contributed by atoms with van der Waals surface area (Å²) < 4.78 is 17.7. The maximum absolute atomic E-state index is 12.3. The van der Waals surface area contributed by atoms with E-state index in [-0.39, 0.29) is 26.4 Å². The molecular formula is C49H78O7. The smallest absolute Gasteiger partial charge is 0.333 e. The Hall–Kier alpha value is -2.64. The Labute approximate surface area is 340 Å². The highest BCUT2D eigenvalue weighted by atomic mass is 16.5. The molecule has 0 spiro atoms. The molecule has 3 aliphatic carbocycles. The molecule has 2 N–H and O–H groups in total. The van der Waals surface area contributed by atoms with Gasteiger partial charge in [-0.15, -0.1) is 0 Å². The van der Waals surface area contributed by atoms with Gasteiger partial charge in [-0.05, 0) is 143 Å². The van der Waals surface area contributed by atoms with E-state index >= 15 is 0 Å². The lowest BCUT2D eigenvalue weighted by atomic mass is 9.64. The third kappa shape index (κ3) is 13.7. The fraction of sp³-hybridized carbons (Fsp3) is 0.755. The largest absolute Gasteiger partial charge is 0.493 e. The monoisotopic (exact) mass is 779 g/mol. The number of hydrogen-bond donors (Lipinski definition) is 2. The van der Waals surface area contributed by atoms with Crippen molar-refractivity contribution in [3.8, 4) is 5.75 Å². The van der Waals surface area contributed by atoms with Gasteiger partial charge >= 0.3 is 11.9 Å². The van der Waals surface area contributed by atoms with Crippen LogP contribution in [0.25, 0.3) is 0 Å². The minimum absolute atomic E-state index is 0.114. The van der Waals surface area contributed by atoms with Gasteiger partial charge in [0.25, 0.3) is 0 Å². The Bertz CT molecular complexity index is 1320. The van der Waals surface area contributed by atoms with Crippen LogP contribution in [0.5, 0.6) is 5.75 Å². The van der Waals surface area contributed by atoms with E-state index in [2.05, 4.69) is 32.2 Å². The van der Waals surface area contributed by atoms with Crippen LogP contribution >= 0.6 is 0 Å². The summed E-state index contributed by atoms with van der Waals surface area (Å²) in [5.74, 6) is 4.91. The van der Waals surface area contributed by atoms with Crippen LogP contribution in [0.2, 0.25) is 0 Å². The molecule has 0 aliphatic heterocycles. The number of benzene rings is 1. The number of rotatable bonds is 23. The second-order valence-corrected chi connectivity index (χ2v) is 18.2. The van der Waals surface area contributed by atoms with Gasteiger partial charge in [-0.25, -0.2) is 9.59 Å². The number of unbranched alkanes of at least 4 members (excludes halogenated alkanes) is 2. The molecule has 1 aromatic carbocycles. The minimum atomic E-state index is -0.617. The number of ether oxygens (including phenoxy) is 3. The Balaban J connectivity index is 1.44. The molecule has 3 saturated carbocycles. The second kappa shape index (κ2) is 23.7. The molecule has 0 bridgehead atoms. The predicted molar refractivity (Wildman–Crippen MR) is 227 cm³/mol. The Morgan fingerprint density at radius 2 is 1.12 bits per heavy atom. The molecule has 1 aromatic rings. The van der Waals surface area contributed by atoms with E-state index in [1.807, 2.05) is 6.92 Å². The molecule has 56 heavy (non-hydrogen) atoms. The van der Waals surface area contributed by atoms with E-state index in [4.69, 9.17) is 14.2 Å². The molecule has 3 aliphatic rings. The van der Waals surface area contributed by atoms with Crippen molar-refractivity contribution in [3.63, 3.8) is 0 Å². The molecular weight excluding hydrogens is 701 g/mol. The molecule has 0 heterocycles. The van der Waals surface area contributed by atoms with Gasteiger partial charge in [-0.2, -0.15) is 0 Å². The van der Waals surface area contributed by atoms with Crippen LogP contribution in [0.15, 0.2) is 36.4 Å². The fourth-order valence-electron chi connectivity index (χ4n) is 10.4. The number of carbonyl (C=O) groups is 2. The van der Waals surface area contributed by atoms with E-state index in [1.54, 1.807) is 13.8 Å². The molecule has 7 heteroatoms. The van der Waals surface area contributed by atoms with Gasteiger partial charge < -0.3 is 24.4 Å². The maximum Gasteiger partial charge on any atom is 0.333 e. The summed E-state index contributed by atoms with van der Waals surface area (Å²) in [6.07, 6.45) is 25.0. The van der Waals surface area contributed by atoms with Gasteiger partial charge in [0, 0.05) is 29.4 Å². The third-order valence-electron chi connectivity index (χ3n) is 14.0. The zero-order valence-corrected chi connectivity index (χ0v) is 35.9. The first-order valence-corrected chi connectivity index (χ1v) is 22.7. The number of carbonyl (C=O) groups excluding carboxylic acids is 2. The van der Waals surface area contributed by atoms with Crippen LogP contribution in [-0.2, 0) is 31.9 Å². The van der Waals surface area contributed by atoms with Crippen LogP contribution in [0, 0.1) is 35.0 Å². The zero-order valence-electron chi connectivity index (χ0n) is 35.9. The number of aliphatic hydroxyl groups excluding tert-OH is 2. The predicted octanol–water partition coefficient (Wildman–Crippen LogP) is 11.0. The van der Waals surface area contributed by atoms with Crippen molar-refractivity contribution in [3.05, 3.63) is 53.1 Å². The summed E-state index contributed by atoms with van der Waals surface area (Å²) >= 11 is 0. The van der Waals surface area contributed by atoms with Gasteiger partial charge in [0.15, 0.2) is 0 Å². The highest BCUT2D eigenvalue weighted by Crippen LogP contribution is 2.48. The molecule has 0 aromatic heterocycles. The first-order valence-electron chi connectivity index (χ1n) is 22.7. The van der Waals surface area contributed by atoms with Crippen molar-refractivity contribution in [1.29, 1.82) is 0 Å². The fourth-order valence-corrected chi connectivity index (χ4v) is 10.4. The van der Waals surface area contributed by atoms with Crippen LogP contribution in [0.1, 0.15) is 172 Å². The molecule has 0 unspecified atom stereocenters. The maximum atomic E-state index is 12.3. The second-order valence-electron chi connectivity index (χ2n) is 18.2. The topological polar surface area (TPSA) is 102 Å². The molecule has 0 saturated heterocycles. The van der Waals surface area contributed by atoms with Crippen LogP contribution in [-0.4, -0.2) is 55.2 Å². The number of hydrogen-bond acceptors (Lipinski definition) is 7. The first kappa shape index (κ1) is 46.1. The highest BCUT2D eigenvalue weighted by molar-refractivity contribution is 5.87. The Morgan fingerprint density at radius 1 is 0.661 bits per heavy atom. The van der Waals surface area contributed by atoms with Crippen molar-refractivity contribution in [2.75, 3.05) is 33.0 Å². The van der Waals surface area contributed by atoms with Crippen molar-refractivity contribution < 1.29 is 34.0 Å². The summed E-state index contributed by atoms with van der Waals surface area (Å²) in [5, 5.41) is 20.4. The van der Waals surface area contributed by atoms with E-state index in [9.17, 15) is 19.8 Å². The summed E-state index contributed by atoms with van der Waals surface area (Å²) in [6.45, 7) is 15.6. The lowest BCUT2D eigenvalue weighted by molar-refractivity contribution is -0.139. The SMILES string of the molecule is C=C(C)C(=O)OCCc1cc(C2CCC(C3CCC(C4CCC(CCCCC)CC4)CC3)CC2)cc(CCOC(=O)C(=C)C)c1OCCC(CO)(CO)CCC. The van der Waals surface area contributed by atoms with Gasteiger partial charge in [-0.3, -0.25) is 0 Å². The summed E-state index contributed by atoms with van der Waals surface area (Å²) in [6, 6.07) is 4.50. The van der Waals surface area contributed by atoms with E-state index < -0.39 is 17.4 Å². The summed E-state index contributed by atoms with van der Waals surface area (Å²) in [4.78, 5) is 24.7. The molecule has 0 atom stereocenters. The van der Waals surface area contributed by atoms with Crippen molar-refractivity contribution in [2.24, 2.45) is 35.0 Å². The van der Waals surface area contributed by atoms with E-state index in [0.29, 0.717) is 55.1 Å². The van der Waals surface area contributed by atoms with Crippen molar-refractivity contribution in [1.82, 2.24) is 0 Å².